The lowest BCUT2D eigenvalue weighted by Crippen LogP contribution is -2.08. The average Bonchev–Trinajstić information content (AvgIpc) is 2.84. The fraction of sp³-hybridized carbons (Fsp3) is 0.192. The first-order chi connectivity index (χ1) is 16.1. The standard InChI is InChI=1S/C26H25N3O4/c1-17-18(6-7-19-4-2-3-5-21(17)19)10-11-27-25-15-23(28-16-29-25)20-8-9-22(26(31)32)24(14-20)33-13-12-30/h2-9,14-16,30H,10-13H2,1H3,(H,31,32)(H,27,28,29). The Morgan fingerprint density at radius 2 is 1.91 bits per heavy atom. The molecule has 0 atom stereocenters. The molecule has 3 N–H and O–H groups in total. The van der Waals surface area contributed by atoms with Gasteiger partial charge in [0.1, 0.15) is 30.1 Å². The number of carbonyl (C=O) groups is 1. The lowest BCUT2D eigenvalue weighted by molar-refractivity contribution is 0.0691. The summed E-state index contributed by atoms with van der Waals surface area (Å²) in [6, 6.07) is 19.3. The minimum atomic E-state index is -1.09. The Kier molecular flexibility index (Phi) is 6.80. The SMILES string of the molecule is Cc1c(CCNc2cc(-c3ccc(C(=O)O)c(OCCO)c3)ncn2)ccc2ccccc12. The highest BCUT2D eigenvalue weighted by Crippen LogP contribution is 2.27. The molecule has 0 bridgehead atoms. The van der Waals surface area contributed by atoms with Crippen molar-refractivity contribution in [1.29, 1.82) is 0 Å². The number of aliphatic hydroxyl groups is 1. The fourth-order valence-corrected chi connectivity index (χ4v) is 3.81. The Morgan fingerprint density at radius 1 is 1.06 bits per heavy atom. The maximum absolute atomic E-state index is 11.4. The van der Waals surface area contributed by atoms with Gasteiger partial charge in [0.2, 0.25) is 0 Å². The molecule has 0 spiro atoms. The van der Waals surface area contributed by atoms with Crippen LogP contribution in [0.3, 0.4) is 0 Å². The van der Waals surface area contributed by atoms with Crippen LogP contribution in [0.2, 0.25) is 0 Å². The zero-order valence-corrected chi connectivity index (χ0v) is 18.3. The Labute approximate surface area is 191 Å². The van der Waals surface area contributed by atoms with E-state index in [2.05, 4.69) is 52.5 Å². The van der Waals surface area contributed by atoms with Crippen LogP contribution >= 0.6 is 0 Å². The van der Waals surface area contributed by atoms with Crippen molar-refractivity contribution in [2.75, 3.05) is 25.1 Å². The maximum Gasteiger partial charge on any atom is 0.339 e. The van der Waals surface area contributed by atoms with Crippen LogP contribution in [0.25, 0.3) is 22.0 Å². The first-order valence-corrected chi connectivity index (χ1v) is 10.7. The van der Waals surface area contributed by atoms with Crippen molar-refractivity contribution in [1.82, 2.24) is 9.97 Å². The van der Waals surface area contributed by atoms with Gasteiger partial charge in [-0.3, -0.25) is 0 Å². The summed E-state index contributed by atoms with van der Waals surface area (Å²) in [5.41, 5.74) is 3.94. The van der Waals surface area contributed by atoms with Crippen LogP contribution in [0.15, 0.2) is 67.0 Å². The number of benzene rings is 3. The monoisotopic (exact) mass is 443 g/mol. The third-order valence-electron chi connectivity index (χ3n) is 5.53. The van der Waals surface area contributed by atoms with Gasteiger partial charge >= 0.3 is 5.97 Å². The molecule has 1 heterocycles. The molecule has 0 radical (unpaired) electrons. The van der Waals surface area contributed by atoms with Crippen molar-refractivity contribution >= 4 is 22.6 Å². The molecule has 0 fully saturated rings. The predicted molar refractivity (Wildman–Crippen MR) is 128 cm³/mol. The number of carboxylic acid groups (broad SMARTS) is 1. The van der Waals surface area contributed by atoms with Gasteiger partial charge < -0.3 is 20.3 Å². The molecule has 0 aliphatic heterocycles. The van der Waals surface area contributed by atoms with Crippen LogP contribution in [-0.4, -0.2) is 45.9 Å². The number of aromatic nitrogens is 2. The number of aromatic carboxylic acids is 1. The molecule has 0 saturated carbocycles. The van der Waals surface area contributed by atoms with E-state index in [9.17, 15) is 9.90 Å². The predicted octanol–water partition coefficient (Wildman–Crippen LogP) is 4.33. The summed E-state index contributed by atoms with van der Waals surface area (Å²) in [5, 5.41) is 24.2. The Balaban J connectivity index is 1.48. The third kappa shape index (κ3) is 5.10. The molecule has 33 heavy (non-hydrogen) atoms. The highest BCUT2D eigenvalue weighted by molar-refractivity contribution is 5.92. The van der Waals surface area contributed by atoms with Crippen molar-refractivity contribution in [2.45, 2.75) is 13.3 Å². The number of carboxylic acids is 1. The molecular formula is C26H25N3O4. The summed E-state index contributed by atoms with van der Waals surface area (Å²) in [6.45, 7) is 2.66. The number of rotatable bonds is 9. The molecule has 0 aliphatic rings. The number of anilines is 1. The number of fused-ring (bicyclic) bond motifs is 1. The van der Waals surface area contributed by atoms with E-state index >= 15 is 0 Å². The highest BCUT2D eigenvalue weighted by atomic mass is 16.5. The zero-order valence-electron chi connectivity index (χ0n) is 18.3. The largest absolute Gasteiger partial charge is 0.490 e. The number of ether oxygens (including phenoxy) is 1. The third-order valence-corrected chi connectivity index (χ3v) is 5.53. The molecule has 0 aliphatic carbocycles. The second-order valence-corrected chi connectivity index (χ2v) is 7.62. The van der Waals surface area contributed by atoms with Gasteiger partial charge in [-0.15, -0.1) is 0 Å². The van der Waals surface area contributed by atoms with Gasteiger partial charge in [0.05, 0.1) is 12.3 Å². The van der Waals surface area contributed by atoms with E-state index in [-0.39, 0.29) is 24.5 Å². The van der Waals surface area contributed by atoms with E-state index in [1.165, 1.54) is 34.3 Å². The number of hydrogen-bond donors (Lipinski definition) is 3. The quantitative estimate of drug-likeness (QED) is 0.354. The smallest absolute Gasteiger partial charge is 0.339 e. The van der Waals surface area contributed by atoms with E-state index in [0.29, 0.717) is 23.6 Å². The van der Waals surface area contributed by atoms with Gasteiger partial charge in [-0.25, -0.2) is 14.8 Å². The van der Waals surface area contributed by atoms with Crippen LogP contribution in [-0.2, 0) is 6.42 Å². The minimum absolute atomic E-state index is 0.00843. The van der Waals surface area contributed by atoms with Crippen LogP contribution in [0, 0.1) is 6.92 Å². The van der Waals surface area contributed by atoms with Gasteiger partial charge in [0, 0.05) is 18.2 Å². The molecule has 4 rings (SSSR count). The molecule has 0 saturated heterocycles. The topological polar surface area (TPSA) is 105 Å². The Hall–Kier alpha value is -3.97. The van der Waals surface area contributed by atoms with Crippen molar-refractivity contribution in [3.05, 3.63) is 83.7 Å². The van der Waals surface area contributed by atoms with Gasteiger partial charge in [-0.05, 0) is 47.4 Å². The molecule has 7 nitrogen and oxygen atoms in total. The average molecular weight is 444 g/mol. The number of nitrogens with one attached hydrogen (secondary N) is 1. The molecular weight excluding hydrogens is 418 g/mol. The number of nitrogens with zero attached hydrogens (tertiary/aromatic N) is 2. The molecule has 3 aromatic carbocycles. The van der Waals surface area contributed by atoms with Gasteiger partial charge in [-0.1, -0.05) is 42.5 Å². The summed E-state index contributed by atoms with van der Waals surface area (Å²) >= 11 is 0. The highest BCUT2D eigenvalue weighted by Gasteiger charge is 2.14. The lowest BCUT2D eigenvalue weighted by Gasteiger charge is -2.12. The summed E-state index contributed by atoms with van der Waals surface area (Å²) < 4.78 is 5.41. The van der Waals surface area contributed by atoms with E-state index < -0.39 is 5.97 Å². The van der Waals surface area contributed by atoms with Crippen molar-refractivity contribution in [3.63, 3.8) is 0 Å². The molecule has 168 valence electrons. The second kappa shape index (κ2) is 10.1. The molecule has 0 amide bonds. The van der Waals surface area contributed by atoms with Crippen LogP contribution in [0.1, 0.15) is 21.5 Å². The normalized spacial score (nSPS) is 10.8. The summed E-state index contributed by atoms with van der Waals surface area (Å²) in [4.78, 5) is 20.1. The van der Waals surface area contributed by atoms with Gasteiger partial charge in [0.15, 0.2) is 0 Å². The first-order valence-electron chi connectivity index (χ1n) is 10.7. The van der Waals surface area contributed by atoms with E-state index in [4.69, 9.17) is 9.84 Å². The maximum atomic E-state index is 11.4. The van der Waals surface area contributed by atoms with Crippen LogP contribution in [0.4, 0.5) is 5.82 Å². The van der Waals surface area contributed by atoms with Crippen molar-refractivity contribution in [3.8, 4) is 17.0 Å². The molecule has 4 aromatic rings. The summed E-state index contributed by atoms with van der Waals surface area (Å²) in [6.07, 6.45) is 2.32. The van der Waals surface area contributed by atoms with E-state index in [1.807, 2.05) is 12.1 Å². The van der Waals surface area contributed by atoms with E-state index in [1.54, 1.807) is 12.1 Å². The van der Waals surface area contributed by atoms with Crippen molar-refractivity contribution < 1.29 is 19.7 Å². The lowest BCUT2D eigenvalue weighted by atomic mass is 9.98. The number of hydrogen-bond acceptors (Lipinski definition) is 6. The van der Waals surface area contributed by atoms with Gasteiger partial charge in [0.25, 0.3) is 0 Å². The van der Waals surface area contributed by atoms with E-state index in [0.717, 1.165) is 6.42 Å². The van der Waals surface area contributed by atoms with Gasteiger partial charge in [-0.2, -0.15) is 0 Å². The second-order valence-electron chi connectivity index (χ2n) is 7.62. The molecule has 0 unspecified atom stereocenters. The minimum Gasteiger partial charge on any atom is -0.490 e. The number of aliphatic hydroxyl groups excluding tert-OH is 1. The Morgan fingerprint density at radius 3 is 2.73 bits per heavy atom. The van der Waals surface area contributed by atoms with Crippen molar-refractivity contribution in [2.24, 2.45) is 0 Å². The molecule has 1 aromatic heterocycles. The summed E-state index contributed by atoms with van der Waals surface area (Å²) in [7, 11) is 0. The first kappa shape index (κ1) is 22.2. The zero-order chi connectivity index (χ0) is 23.2. The Bertz CT molecular complexity index is 1290. The van der Waals surface area contributed by atoms with Crippen LogP contribution in [0.5, 0.6) is 5.75 Å². The molecule has 7 heteroatoms. The number of aryl methyl sites for hydroxylation is 1. The van der Waals surface area contributed by atoms with Crippen LogP contribution < -0.4 is 10.1 Å². The summed E-state index contributed by atoms with van der Waals surface area (Å²) in [5.74, 6) is -0.226. The fourth-order valence-electron chi connectivity index (χ4n) is 3.81.